The number of ether oxygens (including phenoxy) is 1. The predicted molar refractivity (Wildman–Crippen MR) is 79.1 cm³/mol. The number of rotatable bonds is 5. The normalized spacial score (nSPS) is 16.3. The largest absolute Gasteiger partial charge is 0.377 e. The van der Waals surface area contributed by atoms with Gasteiger partial charge in [-0.1, -0.05) is 6.07 Å². The number of hydrogen-bond acceptors (Lipinski definition) is 3. The van der Waals surface area contributed by atoms with Crippen LogP contribution in [0.3, 0.4) is 0 Å². The zero-order valence-electron chi connectivity index (χ0n) is 10.4. The Hall–Kier alpha value is -0.160. The molecule has 0 amide bonds. The molecule has 0 aliphatic carbocycles. The van der Waals surface area contributed by atoms with Crippen molar-refractivity contribution in [2.75, 3.05) is 19.7 Å². The van der Waals surface area contributed by atoms with Gasteiger partial charge in [-0.25, -0.2) is 4.98 Å². The highest BCUT2D eigenvalue weighted by Crippen LogP contribution is 2.16. The second-order valence-electron chi connectivity index (χ2n) is 4.52. The smallest absolute Gasteiger partial charge is 0.106 e. The lowest BCUT2D eigenvalue weighted by Crippen LogP contribution is -2.28. The van der Waals surface area contributed by atoms with Crippen molar-refractivity contribution in [2.45, 2.75) is 25.9 Å². The molecule has 1 fully saturated rings. The summed E-state index contributed by atoms with van der Waals surface area (Å²) < 4.78 is 6.56. The number of halogens is 2. The molecule has 1 saturated heterocycles. The average Bonchev–Trinajstić information content (AvgIpc) is 2.38. The molecule has 1 aromatic heterocycles. The Kier molecular flexibility index (Phi) is 7.82. The van der Waals surface area contributed by atoms with Gasteiger partial charge in [-0.05, 0) is 65.8 Å². The maximum Gasteiger partial charge on any atom is 0.106 e. The van der Waals surface area contributed by atoms with Crippen molar-refractivity contribution in [3.05, 3.63) is 28.5 Å². The number of nitrogens with zero attached hydrogens (tertiary/aromatic N) is 1. The molecule has 1 aliphatic heterocycles. The van der Waals surface area contributed by atoms with E-state index in [-0.39, 0.29) is 12.4 Å². The van der Waals surface area contributed by atoms with Crippen molar-refractivity contribution in [2.24, 2.45) is 5.92 Å². The van der Waals surface area contributed by atoms with Crippen molar-refractivity contribution in [3.63, 3.8) is 0 Å². The van der Waals surface area contributed by atoms with E-state index in [9.17, 15) is 0 Å². The standard InChI is InChI=1S/C13H19BrN2O.ClH/c14-13-2-1-12(9-16-13)10-17-8-5-11-3-6-15-7-4-11;/h1-2,9,11,15H,3-8,10H2;1H. The molecule has 0 bridgehead atoms. The van der Waals surface area contributed by atoms with Gasteiger partial charge < -0.3 is 10.1 Å². The average molecular weight is 336 g/mol. The summed E-state index contributed by atoms with van der Waals surface area (Å²) >= 11 is 3.32. The van der Waals surface area contributed by atoms with E-state index in [1.807, 2.05) is 18.3 Å². The zero-order chi connectivity index (χ0) is 11.9. The summed E-state index contributed by atoms with van der Waals surface area (Å²) in [5.74, 6) is 0.847. The van der Waals surface area contributed by atoms with E-state index in [1.165, 1.54) is 32.4 Å². The van der Waals surface area contributed by atoms with Gasteiger partial charge in [0.2, 0.25) is 0 Å². The number of hydrogen-bond donors (Lipinski definition) is 1. The summed E-state index contributed by atoms with van der Waals surface area (Å²) in [5.41, 5.74) is 1.14. The van der Waals surface area contributed by atoms with Gasteiger partial charge in [0.25, 0.3) is 0 Å². The lowest BCUT2D eigenvalue weighted by molar-refractivity contribution is 0.102. The highest BCUT2D eigenvalue weighted by atomic mass is 79.9. The van der Waals surface area contributed by atoms with Gasteiger partial charge in [0, 0.05) is 12.8 Å². The molecule has 1 aromatic rings. The molecule has 0 saturated carbocycles. The Morgan fingerprint density at radius 2 is 2.11 bits per heavy atom. The van der Waals surface area contributed by atoms with Gasteiger partial charge in [-0.2, -0.15) is 0 Å². The minimum absolute atomic E-state index is 0. The maximum absolute atomic E-state index is 5.69. The van der Waals surface area contributed by atoms with Crippen LogP contribution >= 0.6 is 28.3 Å². The molecular formula is C13H20BrClN2O. The molecule has 1 aliphatic rings. The van der Waals surface area contributed by atoms with E-state index < -0.39 is 0 Å². The molecule has 3 nitrogen and oxygen atoms in total. The molecular weight excluding hydrogens is 316 g/mol. The van der Waals surface area contributed by atoms with E-state index in [1.54, 1.807) is 0 Å². The Morgan fingerprint density at radius 3 is 2.78 bits per heavy atom. The summed E-state index contributed by atoms with van der Waals surface area (Å²) in [4.78, 5) is 4.18. The van der Waals surface area contributed by atoms with Crippen LogP contribution in [0.15, 0.2) is 22.9 Å². The molecule has 5 heteroatoms. The number of aromatic nitrogens is 1. The monoisotopic (exact) mass is 334 g/mol. The highest BCUT2D eigenvalue weighted by Gasteiger charge is 2.12. The Labute approximate surface area is 123 Å². The van der Waals surface area contributed by atoms with Gasteiger partial charge >= 0.3 is 0 Å². The Morgan fingerprint density at radius 1 is 1.33 bits per heavy atom. The quantitative estimate of drug-likeness (QED) is 0.663. The van der Waals surface area contributed by atoms with Gasteiger partial charge in [0.15, 0.2) is 0 Å². The van der Waals surface area contributed by atoms with E-state index in [0.717, 1.165) is 22.7 Å². The van der Waals surface area contributed by atoms with E-state index in [2.05, 4.69) is 26.2 Å². The van der Waals surface area contributed by atoms with Gasteiger partial charge in [0.1, 0.15) is 4.60 Å². The number of nitrogens with one attached hydrogen (secondary N) is 1. The fraction of sp³-hybridized carbons (Fsp3) is 0.615. The maximum atomic E-state index is 5.69. The molecule has 0 aromatic carbocycles. The lowest BCUT2D eigenvalue weighted by Gasteiger charge is -2.22. The Bertz CT molecular complexity index is 328. The molecule has 18 heavy (non-hydrogen) atoms. The predicted octanol–water partition coefficient (Wildman–Crippen LogP) is 3.17. The SMILES string of the molecule is Brc1ccc(COCCC2CCNCC2)cn1.Cl. The van der Waals surface area contributed by atoms with Crippen LogP contribution in [-0.4, -0.2) is 24.7 Å². The third kappa shape index (κ3) is 5.65. The van der Waals surface area contributed by atoms with Crippen LogP contribution in [-0.2, 0) is 11.3 Å². The fourth-order valence-electron chi connectivity index (χ4n) is 2.10. The first-order valence-electron chi connectivity index (χ1n) is 6.23. The van der Waals surface area contributed by atoms with Crippen molar-refractivity contribution >= 4 is 28.3 Å². The molecule has 2 rings (SSSR count). The molecule has 102 valence electrons. The van der Waals surface area contributed by atoms with Gasteiger partial charge in [-0.3, -0.25) is 0 Å². The highest BCUT2D eigenvalue weighted by molar-refractivity contribution is 9.10. The van der Waals surface area contributed by atoms with Crippen LogP contribution in [0.4, 0.5) is 0 Å². The van der Waals surface area contributed by atoms with Crippen molar-refractivity contribution in [1.82, 2.24) is 10.3 Å². The number of piperidine rings is 1. The molecule has 2 heterocycles. The first-order chi connectivity index (χ1) is 8.34. The topological polar surface area (TPSA) is 34.1 Å². The fourth-order valence-corrected chi connectivity index (χ4v) is 2.34. The van der Waals surface area contributed by atoms with Crippen molar-refractivity contribution in [1.29, 1.82) is 0 Å². The minimum Gasteiger partial charge on any atom is -0.377 e. The van der Waals surface area contributed by atoms with E-state index >= 15 is 0 Å². The van der Waals surface area contributed by atoms with Gasteiger partial charge in [0.05, 0.1) is 6.61 Å². The summed E-state index contributed by atoms with van der Waals surface area (Å²) in [6, 6.07) is 3.99. The van der Waals surface area contributed by atoms with Gasteiger partial charge in [-0.15, -0.1) is 12.4 Å². The van der Waals surface area contributed by atoms with Crippen LogP contribution in [0.25, 0.3) is 0 Å². The summed E-state index contributed by atoms with van der Waals surface area (Å²) in [5, 5.41) is 3.38. The third-order valence-electron chi connectivity index (χ3n) is 3.19. The summed E-state index contributed by atoms with van der Waals surface area (Å²) in [6.45, 7) is 3.87. The van der Waals surface area contributed by atoms with Crippen LogP contribution in [0.1, 0.15) is 24.8 Å². The molecule has 0 radical (unpaired) electrons. The second-order valence-corrected chi connectivity index (χ2v) is 5.34. The number of pyridine rings is 1. The first-order valence-corrected chi connectivity index (χ1v) is 7.03. The second kappa shape index (κ2) is 8.86. The molecule has 0 unspecified atom stereocenters. The third-order valence-corrected chi connectivity index (χ3v) is 3.66. The van der Waals surface area contributed by atoms with Crippen LogP contribution in [0.2, 0.25) is 0 Å². The lowest BCUT2D eigenvalue weighted by atomic mass is 9.95. The minimum atomic E-state index is 0. The Balaban J connectivity index is 0.00000162. The van der Waals surface area contributed by atoms with Crippen LogP contribution in [0.5, 0.6) is 0 Å². The molecule has 0 spiro atoms. The van der Waals surface area contributed by atoms with Crippen molar-refractivity contribution < 1.29 is 4.74 Å². The van der Waals surface area contributed by atoms with Crippen LogP contribution < -0.4 is 5.32 Å². The first kappa shape index (κ1) is 15.9. The molecule has 1 N–H and O–H groups in total. The van der Waals surface area contributed by atoms with E-state index in [0.29, 0.717) is 6.61 Å². The van der Waals surface area contributed by atoms with Crippen LogP contribution in [0, 0.1) is 5.92 Å². The summed E-state index contributed by atoms with van der Waals surface area (Å²) in [7, 11) is 0. The summed E-state index contributed by atoms with van der Waals surface area (Å²) in [6.07, 6.45) is 5.63. The van der Waals surface area contributed by atoms with Crippen molar-refractivity contribution in [3.8, 4) is 0 Å². The van der Waals surface area contributed by atoms with E-state index in [4.69, 9.17) is 4.74 Å². The zero-order valence-corrected chi connectivity index (χ0v) is 12.8. The molecule has 0 atom stereocenters.